The average molecular weight is 579 g/mol. The summed E-state index contributed by atoms with van der Waals surface area (Å²) in [5, 5.41) is 0.208. The largest absolute Gasteiger partial charge is 0.414 e. The van der Waals surface area contributed by atoms with Gasteiger partial charge in [-0.05, 0) is 98.5 Å². The van der Waals surface area contributed by atoms with Crippen molar-refractivity contribution in [2.24, 2.45) is 7.05 Å². The summed E-state index contributed by atoms with van der Waals surface area (Å²) in [5.41, 5.74) is 4.82. The van der Waals surface area contributed by atoms with E-state index in [1.165, 1.54) is 49.7 Å². The predicted octanol–water partition coefficient (Wildman–Crippen LogP) is 6.73. The standard InChI is InChI=1S/C33H50N4O3Si/c1-33(2,3)41(5,6)40-26-15-13-25(14-16-26)37-18-17-36(21-29(37)38)32(39)31-34-30-27(23-9-7-8-10-23)19-24(22-11-12-22)20-28(30)35(31)4/h19-20,22-23,25-26H,7-18,21H2,1-6H3. The Kier molecular flexibility index (Phi) is 7.63. The second-order valence-corrected chi connectivity index (χ2v) is 19.6. The van der Waals surface area contributed by atoms with Gasteiger partial charge in [0.15, 0.2) is 14.1 Å². The zero-order chi connectivity index (χ0) is 29.1. The first kappa shape index (κ1) is 28.9. The molecule has 1 saturated heterocycles. The predicted molar refractivity (Wildman–Crippen MR) is 166 cm³/mol. The Bertz CT molecular complexity index is 1310. The number of hydrogen-bond acceptors (Lipinski definition) is 4. The van der Waals surface area contributed by atoms with Gasteiger partial charge < -0.3 is 18.8 Å². The summed E-state index contributed by atoms with van der Waals surface area (Å²) < 4.78 is 8.67. The summed E-state index contributed by atoms with van der Waals surface area (Å²) in [5.74, 6) is 1.62. The summed E-state index contributed by atoms with van der Waals surface area (Å²) in [4.78, 5) is 35.9. The Labute approximate surface area is 247 Å². The van der Waals surface area contributed by atoms with Gasteiger partial charge in [0.25, 0.3) is 5.91 Å². The van der Waals surface area contributed by atoms with Crippen molar-refractivity contribution in [1.82, 2.24) is 19.4 Å². The topological polar surface area (TPSA) is 67.7 Å². The van der Waals surface area contributed by atoms with E-state index in [4.69, 9.17) is 9.41 Å². The molecule has 4 fully saturated rings. The number of aromatic nitrogens is 2. The van der Waals surface area contributed by atoms with E-state index in [0.29, 0.717) is 36.9 Å². The Balaban J connectivity index is 1.12. The van der Waals surface area contributed by atoms with Crippen LogP contribution in [0.1, 0.15) is 119 Å². The molecule has 3 aliphatic carbocycles. The van der Waals surface area contributed by atoms with E-state index in [9.17, 15) is 9.59 Å². The number of carbonyl (C=O) groups is 2. The fourth-order valence-corrected chi connectivity index (χ4v) is 8.61. The van der Waals surface area contributed by atoms with Crippen LogP contribution in [-0.2, 0) is 16.3 Å². The molecule has 0 bridgehead atoms. The summed E-state index contributed by atoms with van der Waals surface area (Å²) >= 11 is 0. The lowest BCUT2D eigenvalue weighted by Crippen LogP contribution is -2.56. The Morgan fingerprint density at radius 1 is 0.951 bits per heavy atom. The van der Waals surface area contributed by atoms with Crippen molar-refractivity contribution in [2.45, 2.75) is 127 Å². The summed E-state index contributed by atoms with van der Waals surface area (Å²) in [6, 6.07) is 4.92. The van der Waals surface area contributed by atoms with Crippen molar-refractivity contribution in [3.63, 3.8) is 0 Å². The van der Waals surface area contributed by atoms with E-state index in [2.05, 4.69) is 46.0 Å². The van der Waals surface area contributed by atoms with Gasteiger partial charge in [-0.25, -0.2) is 4.98 Å². The van der Waals surface area contributed by atoms with Gasteiger partial charge in [0.1, 0.15) is 6.54 Å². The number of hydrogen-bond donors (Lipinski definition) is 0. The number of fused-ring (bicyclic) bond motifs is 1. The molecule has 0 unspecified atom stereocenters. The third-order valence-electron chi connectivity index (χ3n) is 11.0. The SMILES string of the molecule is Cn1c(C(=O)N2CCN(C3CCC(O[Si](C)(C)C(C)(C)C)CC3)C(=O)C2)nc2c(C3CCCC3)cc(C3CC3)cc21. The number of aryl methyl sites for hydroxylation is 1. The van der Waals surface area contributed by atoms with Crippen LogP contribution in [0.5, 0.6) is 0 Å². The quantitative estimate of drug-likeness (QED) is 0.357. The Morgan fingerprint density at radius 3 is 2.24 bits per heavy atom. The lowest BCUT2D eigenvalue weighted by Gasteiger charge is -2.44. The van der Waals surface area contributed by atoms with Gasteiger partial charge in [0.2, 0.25) is 5.91 Å². The zero-order valence-electron chi connectivity index (χ0n) is 26.2. The lowest BCUT2D eigenvalue weighted by atomic mass is 9.91. The molecule has 2 amide bonds. The van der Waals surface area contributed by atoms with E-state index < -0.39 is 8.32 Å². The molecule has 0 atom stereocenters. The van der Waals surface area contributed by atoms with Crippen LogP contribution in [0.3, 0.4) is 0 Å². The molecule has 8 heteroatoms. The Hall–Kier alpha value is -2.19. The molecular formula is C33H50N4O3Si. The smallest absolute Gasteiger partial charge is 0.290 e. The molecular weight excluding hydrogens is 528 g/mol. The first-order valence-electron chi connectivity index (χ1n) is 16.2. The molecule has 3 saturated carbocycles. The van der Waals surface area contributed by atoms with Crippen LogP contribution in [0.4, 0.5) is 0 Å². The minimum Gasteiger partial charge on any atom is -0.414 e. The number of imidazole rings is 1. The second-order valence-electron chi connectivity index (χ2n) is 14.9. The van der Waals surface area contributed by atoms with Crippen LogP contribution in [0.25, 0.3) is 11.0 Å². The first-order chi connectivity index (χ1) is 19.4. The van der Waals surface area contributed by atoms with Crippen LogP contribution < -0.4 is 0 Å². The maximum absolute atomic E-state index is 13.8. The number of benzene rings is 1. The van der Waals surface area contributed by atoms with E-state index >= 15 is 0 Å². The maximum Gasteiger partial charge on any atom is 0.290 e. The number of amides is 2. The highest BCUT2D eigenvalue weighted by molar-refractivity contribution is 6.74. The molecule has 7 nitrogen and oxygen atoms in total. The second kappa shape index (κ2) is 10.8. The monoisotopic (exact) mass is 578 g/mol. The first-order valence-corrected chi connectivity index (χ1v) is 19.1. The van der Waals surface area contributed by atoms with Crippen LogP contribution >= 0.6 is 0 Å². The lowest BCUT2D eigenvalue weighted by molar-refractivity contribution is -0.138. The van der Waals surface area contributed by atoms with Gasteiger partial charge in [0.05, 0.1) is 11.0 Å². The van der Waals surface area contributed by atoms with Crippen molar-refractivity contribution < 1.29 is 14.0 Å². The van der Waals surface area contributed by atoms with Crippen molar-refractivity contribution in [3.8, 4) is 0 Å². The number of carbonyl (C=O) groups excluding carboxylic acids is 2. The van der Waals surface area contributed by atoms with Gasteiger partial charge in [-0.2, -0.15) is 0 Å². The minimum atomic E-state index is -1.79. The highest BCUT2D eigenvalue weighted by atomic mass is 28.4. The molecule has 0 N–H and O–H groups in total. The average Bonchev–Trinajstić information content (AvgIpc) is 3.53. The maximum atomic E-state index is 13.8. The number of nitrogens with zero attached hydrogens (tertiary/aromatic N) is 4. The van der Waals surface area contributed by atoms with Gasteiger partial charge >= 0.3 is 0 Å². The fourth-order valence-electron chi connectivity index (χ4n) is 7.18. The minimum absolute atomic E-state index is 0.0693. The molecule has 224 valence electrons. The van der Waals surface area contributed by atoms with Crippen LogP contribution in [-0.4, -0.2) is 71.3 Å². The summed E-state index contributed by atoms with van der Waals surface area (Å²) in [7, 11) is 0.184. The normalized spacial score (nSPS) is 25.0. The molecule has 6 rings (SSSR count). The van der Waals surface area contributed by atoms with E-state index in [1.807, 2.05) is 16.5 Å². The Morgan fingerprint density at radius 2 is 1.63 bits per heavy atom. The number of rotatable bonds is 6. The van der Waals surface area contributed by atoms with Crippen molar-refractivity contribution in [2.75, 3.05) is 19.6 Å². The molecule has 0 spiro atoms. The van der Waals surface area contributed by atoms with Gasteiger partial charge in [-0.15, -0.1) is 0 Å². The molecule has 41 heavy (non-hydrogen) atoms. The molecule has 0 radical (unpaired) electrons. The summed E-state index contributed by atoms with van der Waals surface area (Å²) in [6.45, 7) is 12.8. The van der Waals surface area contributed by atoms with Crippen molar-refractivity contribution >= 4 is 31.2 Å². The highest BCUT2D eigenvalue weighted by Crippen LogP contribution is 2.45. The van der Waals surface area contributed by atoms with Gasteiger partial charge in [-0.3, -0.25) is 9.59 Å². The molecule has 1 aromatic heterocycles. The molecule has 4 aliphatic rings. The molecule has 1 aliphatic heterocycles. The van der Waals surface area contributed by atoms with E-state index in [-0.39, 0.29) is 29.4 Å². The third kappa shape index (κ3) is 5.63. The van der Waals surface area contributed by atoms with Gasteiger partial charge in [0, 0.05) is 32.3 Å². The third-order valence-corrected chi connectivity index (χ3v) is 15.5. The van der Waals surface area contributed by atoms with Crippen LogP contribution in [0.15, 0.2) is 12.1 Å². The molecule has 2 heterocycles. The molecule has 1 aromatic carbocycles. The highest BCUT2D eigenvalue weighted by Gasteiger charge is 2.41. The number of piperazine rings is 1. The summed E-state index contributed by atoms with van der Waals surface area (Å²) in [6.07, 6.45) is 11.8. The van der Waals surface area contributed by atoms with Gasteiger partial charge in [-0.1, -0.05) is 39.7 Å². The van der Waals surface area contributed by atoms with Crippen LogP contribution in [0, 0.1) is 0 Å². The van der Waals surface area contributed by atoms with Crippen molar-refractivity contribution in [1.29, 1.82) is 0 Å². The van der Waals surface area contributed by atoms with E-state index in [0.717, 1.165) is 36.7 Å². The van der Waals surface area contributed by atoms with E-state index in [1.54, 1.807) is 4.90 Å². The van der Waals surface area contributed by atoms with Crippen molar-refractivity contribution in [3.05, 3.63) is 29.1 Å². The fraction of sp³-hybridized carbons (Fsp3) is 0.727. The molecule has 2 aromatic rings. The van der Waals surface area contributed by atoms with Crippen LogP contribution in [0.2, 0.25) is 18.1 Å². The zero-order valence-corrected chi connectivity index (χ0v) is 27.2.